The number of hydrogen-bond donors (Lipinski definition) is 2. The van der Waals surface area contributed by atoms with E-state index in [0.29, 0.717) is 24.0 Å². The lowest BCUT2D eigenvalue weighted by Gasteiger charge is -2.09. The number of nitrogens with one attached hydrogen (secondary N) is 2. The lowest BCUT2D eigenvalue weighted by atomic mass is 10.4. The molecule has 7 heteroatoms. The highest BCUT2D eigenvalue weighted by atomic mass is 35.5. The van der Waals surface area contributed by atoms with Crippen LogP contribution in [0.4, 0.5) is 5.82 Å². The second kappa shape index (κ2) is 6.92. The fourth-order valence-electron chi connectivity index (χ4n) is 1.30. The quantitative estimate of drug-likeness (QED) is 0.752. The van der Waals surface area contributed by atoms with Crippen LogP contribution in [-0.2, 0) is 10.0 Å². The molecule has 0 amide bonds. The van der Waals surface area contributed by atoms with Gasteiger partial charge in [0.15, 0.2) is 0 Å². The number of pyridine rings is 1. The molecule has 0 aliphatic carbocycles. The standard InChI is InChI=1S/C11H18ClN3O2S/c1-9(2)13-6-3-7-18(16,17)15-11-5-4-10(12)8-14-11/h4-5,8-9,13H,3,6-7H2,1-2H3,(H,14,15). The number of halogens is 1. The third-order valence-corrected chi connectivity index (χ3v) is 3.70. The van der Waals surface area contributed by atoms with Gasteiger partial charge in [-0.15, -0.1) is 0 Å². The normalized spacial score (nSPS) is 11.8. The van der Waals surface area contributed by atoms with Crippen LogP contribution in [0.1, 0.15) is 20.3 Å². The Labute approximate surface area is 113 Å². The Kier molecular flexibility index (Phi) is 5.84. The van der Waals surface area contributed by atoms with Gasteiger partial charge in [-0.3, -0.25) is 4.72 Å². The van der Waals surface area contributed by atoms with Crippen molar-refractivity contribution in [1.82, 2.24) is 10.3 Å². The van der Waals surface area contributed by atoms with Crippen LogP contribution in [0.15, 0.2) is 18.3 Å². The molecule has 0 fully saturated rings. The SMILES string of the molecule is CC(C)NCCCS(=O)(=O)Nc1ccc(Cl)cn1. The minimum absolute atomic E-state index is 0.0665. The third kappa shape index (κ3) is 6.18. The molecule has 1 heterocycles. The van der Waals surface area contributed by atoms with E-state index in [4.69, 9.17) is 11.6 Å². The highest BCUT2D eigenvalue weighted by molar-refractivity contribution is 7.92. The van der Waals surface area contributed by atoms with Crippen molar-refractivity contribution in [3.63, 3.8) is 0 Å². The lowest BCUT2D eigenvalue weighted by Crippen LogP contribution is -2.26. The maximum Gasteiger partial charge on any atom is 0.233 e. The Morgan fingerprint density at radius 1 is 1.39 bits per heavy atom. The zero-order chi connectivity index (χ0) is 13.6. The first-order valence-electron chi connectivity index (χ1n) is 5.74. The van der Waals surface area contributed by atoms with Crippen LogP contribution in [0.3, 0.4) is 0 Å². The molecule has 0 unspecified atom stereocenters. The monoisotopic (exact) mass is 291 g/mol. The van der Waals surface area contributed by atoms with E-state index in [9.17, 15) is 8.42 Å². The van der Waals surface area contributed by atoms with Gasteiger partial charge in [-0.05, 0) is 25.1 Å². The number of sulfonamides is 1. The first-order chi connectivity index (χ1) is 8.39. The van der Waals surface area contributed by atoms with Crippen molar-refractivity contribution < 1.29 is 8.42 Å². The summed E-state index contributed by atoms with van der Waals surface area (Å²) in [7, 11) is -3.34. The van der Waals surface area contributed by atoms with E-state index in [1.807, 2.05) is 13.8 Å². The highest BCUT2D eigenvalue weighted by Crippen LogP contribution is 2.11. The molecule has 1 aromatic rings. The second-order valence-corrected chi connectivity index (χ2v) is 6.52. The molecule has 0 bridgehead atoms. The summed E-state index contributed by atoms with van der Waals surface area (Å²) >= 11 is 5.67. The van der Waals surface area contributed by atoms with Crippen LogP contribution >= 0.6 is 11.6 Å². The molecule has 5 nitrogen and oxygen atoms in total. The van der Waals surface area contributed by atoms with E-state index in [1.54, 1.807) is 6.07 Å². The summed E-state index contributed by atoms with van der Waals surface area (Å²) in [6.45, 7) is 4.71. The maximum absolute atomic E-state index is 11.7. The van der Waals surface area contributed by atoms with E-state index in [2.05, 4.69) is 15.0 Å². The number of anilines is 1. The molecular formula is C11H18ClN3O2S. The van der Waals surface area contributed by atoms with Crippen molar-refractivity contribution in [1.29, 1.82) is 0 Å². The maximum atomic E-state index is 11.7. The summed E-state index contributed by atoms with van der Waals surface area (Å²) in [5.74, 6) is 0.355. The van der Waals surface area contributed by atoms with E-state index in [-0.39, 0.29) is 11.6 Å². The molecule has 18 heavy (non-hydrogen) atoms. The van der Waals surface area contributed by atoms with Crippen molar-refractivity contribution in [3.05, 3.63) is 23.4 Å². The van der Waals surface area contributed by atoms with Gasteiger partial charge in [0.1, 0.15) is 5.82 Å². The molecule has 0 saturated heterocycles. The summed E-state index contributed by atoms with van der Waals surface area (Å²) < 4.78 is 25.8. The molecule has 0 atom stereocenters. The van der Waals surface area contributed by atoms with Crippen molar-refractivity contribution in [2.75, 3.05) is 17.0 Å². The van der Waals surface area contributed by atoms with Crippen molar-refractivity contribution in [2.45, 2.75) is 26.3 Å². The highest BCUT2D eigenvalue weighted by Gasteiger charge is 2.10. The Morgan fingerprint density at radius 3 is 2.67 bits per heavy atom. The number of rotatable bonds is 7. The van der Waals surface area contributed by atoms with Crippen LogP contribution < -0.4 is 10.0 Å². The molecule has 0 aliphatic rings. The molecule has 0 aromatic carbocycles. The molecule has 0 saturated carbocycles. The lowest BCUT2D eigenvalue weighted by molar-refractivity contribution is 0.571. The second-order valence-electron chi connectivity index (χ2n) is 4.24. The molecule has 102 valence electrons. The fourth-order valence-corrected chi connectivity index (χ4v) is 2.48. The summed E-state index contributed by atoms with van der Waals surface area (Å²) in [6.07, 6.45) is 1.96. The Balaban J connectivity index is 2.42. The van der Waals surface area contributed by atoms with Gasteiger partial charge in [-0.25, -0.2) is 13.4 Å². The largest absolute Gasteiger partial charge is 0.314 e. The van der Waals surface area contributed by atoms with Gasteiger partial charge in [0.25, 0.3) is 0 Å². The molecule has 1 aromatic heterocycles. The van der Waals surface area contributed by atoms with E-state index in [1.165, 1.54) is 12.3 Å². The molecule has 0 spiro atoms. The molecule has 2 N–H and O–H groups in total. The zero-order valence-corrected chi connectivity index (χ0v) is 12.1. The first-order valence-corrected chi connectivity index (χ1v) is 7.77. The fraction of sp³-hybridized carbons (Fsp3) is 0.545. The van der Waals surface area contributed by atoms with Gasteiger partial charge >= 0.3 is 0 Å². The average Bonchev–Trinajstić information content (AvgIpc) is 2.27. The third-order valence-electron chi connectivity index (χ3n) is 2.13. The Bertz CT molecular complexity index is 460. The first kappa shape index (κ1) is 15.2. The van der Waals surface area contributed by atoms with Crippen LogP contribution in [0.5, 0.6) is 0 Å². The van der Waals surface area contributed by atoms with E-state index in [0.717, 1.165) is 0 Å². The smallest absolute Gasteiger partial charge is 0.233 e. The minimum atomic E-state index is -3.34. The van der Waals surface area contributed by atoms with Crippen LogP contribution in [0.25, 0.3) is 0 Å². The summed E-state index contributed by atoms with van der Waals surface area (Å²) in [4.78, 5) is 3.88. The predicted molar refractivity (Wildman–Crippen MR) is 74.4 cm³/mol. The van der Waals surface area contributed by atoms with Gasteiger partial charge in [0.2, 0.25) is 10.0 Å². The van der Waals surface area contributed by atoms with Crippen molar-refractivity contribution in [2.24, 2.45) is 0 Å². The summed E-state index contributed by atoms with van der Waals surface area (Å²) in [6, 6.07) is 3.48. The van der Waals surface area contributed by atoms with Gasteiger partial charge in [0, 0.05) is 12.2 Å². The van der Waals surface area contributed by atoms with Crippen LogP contribution in [-0.4, -0.2) is 31.7 Å². The number of nitrogens with zero attached hydrogens (tertiary/aromatic N) is 1. The van der Waals surface area contributed by atoms with Gasteiger partial charge < -0.3 is 5.32 Å². The molecular weight excluding hydrogens is 274 g/mol. The molecule has 0 radical (unpaired) electrons. The molecule has 0 aliphatic heterocycles. The van der Waals surface area contributed by atoms with Gasteiger partial charge in [-0.1, -0.05) is 25.4 Å². The molecule has 1 rings (SSSR count). The number of hydrogen-bond acceptors (Lipinski definition) is 4. The van der Waals surface area contributed by atoms with E-state index < -0.39 is 10.0 Å². The topological polar surface area (TPSA) is 71.1 Å². The van der Waals surface area contributed by atoms with Crippen molar-refractivity contribution in [3.8, 4) is 0 Å². The minimum Gasteiger partial charge on any atom is -0.314 e. The summed E-state index contributed by atoms with van der Waals surface area (Å²) in [5, 5.41) is 3.64. The van der Waals surface area contributed by atoms with Gasteiger partial charge in [-0.2, -0.15) is 0 Å². The zero-order valence-electron chi connectivity index (χ0n) is 10.5. The Hall–Kier alpha value is -0.850. The summed E-state index contributed by atoms with van der Waals surface area (Å²) in [5.41, 5.74) is 0. The van der Waals surface area contributed by atoms with E-state index >= 15 is 0 Å². The van der Waals surface area contributed by atoms with Crippen LogP contribution in [0, 0.1) is 0 Å². The predicted octanol–water partition coefficient (Wildman–Crippen LogP) is 1.86. The average molecular weight is 292 g/mol. The number of aromatic nitrogens is 1. The van der Waals surface area contributed by atoms with Crippen molar-refractivity contribution >= 4 is 27.4 Å². The Morgan fingerprint density at radius 2 is 2.11 bits per heavy atom. The van der Waals surface area contributed by atoms with Crippen LogP contribution in [0.2, 0.25) is 5.02 Å². The van der Waals surface area contributed by atoms with Gasteiger partial charge in [0.05, 0.1) is 10.8 Å².